The molecule has 0 aliphatic rings. The van der Waals surface area contributed by atoms with Crippen molar-refractivity contribution in [2.45, 2.75) is 0 Å². The second-order valence-corrected chi connectivity index (χ2v) is 13.6. The fourth-order valence-electron chi connectivity index (χ4n) is 7.39. The Kier molecular flexibility index (Phi) is 8.08. The minimum Gasteiger partial charge on any atom is -0.311 e. The van der Waals surface area contributed by atoms with E-state index >= 15 is 0 Å². The summed E-state index contributed by atoms with van der Waals surface area (Å²) in [5.41, 5.74) is 12.6. The topological polar surface area (TPSA) is 54.8 Å². The van der Waals surface area contributed by atoms with Crippen molar-refractivity contribution in [2.75, 3.05) is 4.90 Å². The van der Waals surface area contributed by atoms with Gasteiger partial charge in [-0.2, -0.15) is 0 Å². The van der Waals surface area contributed by atoms with Gasteiger partial charge in [0.2, 0.25) is 0 Å². The standard InChI is InChI=1S/C50H33N5/c1-2-5-37(6-3-1)50-49-42(7-4-26-53-49)31-48(54-50)36-16-22-47(23-17-36)55(45-18-12-34(13-19-45)38-8-10-43-32-51-27-24-40(43)29-38)46-20-14-35(15-21-46)39-9-11-44-33-52-28-25-41(44)30-39/h1-33H. The molecule has 0 fully saturated rings. The molecule has 4 aromatic heterocycles. The van der Waals surface area contributed by atoms with Crippen LogP contribution in [0.25, 0.3) is 77.2 Å². The lowest BCUT2D eigenvalue weighted by Gasteiger charge is -2.26. The number of rotatable bonds is 7. The van der Waals surface area contributed by atoms with E-state index in [2.05, 4.69) is 160 Å². The van der Waals surface area contributed by atoms with Gasteiger partial charge < -0.3 is 4.90 Å². The molecule has 0 spiro atoms. The maximum absolute atomic E-state index is 5.16. The summed E-state index contributed by atoms with van der Waals surface area (Å²) in [5.74, 6) is 0. The molecule has 0 bridgehead atoms. The summed E-state index contributed by atoms with van der Waals surface area (Å²) in [4.78, 5) is 20.7. The third-order valence-corrected chi connectivity index (χ3v) is 10.3. The first-order valence-corrected chi connectivity index (χ1v) is 18.3. The monoisotopic (exact) mass is 703 g/mol. The first-order chi connectivity index (χ1) is 27.2. The first kappa shape index (κ1) is 32.2. The molecule has 0 unspecified atom stereocenters. The number of hydrogen-bond donors (Lipinski definition) is 0. The highest BCUT2D eigenvalue weighted by Crippen LogP contribution is 2.39. The Bertz CT molecular complexity index is 2840. The maximum atomic E-state index is 5.16. The molecule has 0 aliphatic carbocycles. The van der Waals surface area contributed by atoms with Gasteiger partial charge in [-0.05, 0) is 106 Å². The molecule has 0 saturated heterocycles. The Hall–Kier alpha value is -7.50. The van der Waals surface area contributed by atoms with E-state index in [0.717, 1.165) is 72.4 Å². The van der Waals surface area contributed by atoms with Crippen LogP contribution in [0.2, 0.25) is 0 Å². The molecular weight excluding hydrogens is 671 g/mol. The quantitative estimate of drug-likeness (QED) is 0.165. The molecule has 0 amide bonds. The van der Waals surface area contributed by atoms with Gasteiger partial charge in [0, 0.05) is 75.3 Å². The van der Waals surface area contributed by atoms with Crippen molar-refractivity contribution in [1.82, 2.24) is 19.9 Å². The van der Waals surface area contributed by atoms with E-state index in [1.54, 1.807) is 0 Å². The molecule has 5 heteroatoms. The molecule has 0 atom stereocenters. The predicted octanol–water partition coefficient (Wildman–Crippen LogP) is 12.9. The molecule has 258 valence electrons. The molecule has 4 heterocycles. The number of hydrogen-bond acceptors (Lipinski definition) is 5. The lowest BCUT2D eigenvalue weighted by Crippen LogP contribution is -2.09. The van der Waals surface area contributed by atoms with E-state index in [1.807, 2.05) is 55.2 Å². The second-order valence-electron chi connectivity index (χ2n) is 13.6. The van der Waals surface area contributed by atoms with Gasteiger partial charge in [-0.1, -0.05) is 97.1 Å². The van der Waals surface area contributed by atoms with Crippen molar-refractivity contribution in [3.8, 4) is 44.8 Å². The molecule has 10 aromatic rings. The van der Waals surface area contributed by atoms with Crippen LogP contribution in [-0.2, 0) is 0 Å². The number of aromatic nitrogens is 4. The summed E-state index contributed by atoms with van der Waals surface area (Å²) in [5, 5.41) is 5.68. The summed E-state index contributed by atoms with van der Waals surface area (Å²) in [6.45, 7) is 0. The molecule has 0 saturated carbocycles. The summed E-state index contributed by atoms with van der Waals surface area (Å²) in [6, 6.07) is 60.0. The summed E-state index contributed by atoms with van der Waals surface area (Å²) in [7, 11) is 0. The van der Waals surface area contributed by atoms with E-state index in [1.165, 1.54) is 21.9 Å². The van der Waals surface area contributed by atoms with Gasteiger partial charge >= 0.3 is 0 Å². The maximum Gasteiger partial charge on any atom is 0.0972 e. The Morgan fingerprint density at radius 3 is 1.44 bits per heavy atom. The third-order valence-electron chi connectivity index (χ3n) is 10.3. The van der Waals surface area contributed by atoms with Crippen LogP contribution in [0.5, 0.6) is 0 Å². The van der Waals surface area contributed by atoms with Crippen molar-refractivity contribution < 1.29 is 0 Å². The average molecular weight is 704 g/mol. The van der Waals surface area contributed by atoms with Gasteiger partial charge in [0.25, 0.3) is 0 Å². The van der Waals surface area contributed by atoms with Crippen LogP contribution in [0.15, 0.2) is 201 Å². The SMILES string of the molecule is c1ccc(-c2nc(-c3ccc(N(c4ccc(-c5ccc6cnccc6c5)cc4)c4ccc(-c5ccc6cnccc6c5)cc4)cc3)cc3cccnc23)cc1. The highest BCUT2D eigenvalue weighted by Gasteiger charge is 2.16. The third kappa shape index (κ3) is 6.24. The van der Waals surface area contributed by atoms with Gasteiger partial charge in [0.15, 0.2) is 0 Å². The Balaban J connectivity index is 1.03. The summed E-state index contributed by atoms with van der Waals surface area (Å²) < 4.78 is 0. The fourth-order valence-corrected chi connectivity index (χ4v) is 7.39. The van der Waals surface area contributed by atoms with Crippen LogP contribution in [-0.4, -0.2) is 19.9 Å². The molecule has 10 rings (SSSR count). The van der Waals surface area contributed by atoms with Crippen molar-refractivity contribution in [2.24, 2.45) is 0 Å². The van der Waals surface area contributed by atoms with Crippen molar-refractivity contribution in [3.05, 3.63) is 201 Å². The van der Waals surface area contributed by atoms with Crippen LogP contribution in [0, 0.1) is 0 Å². The molecular formula is C50H33N5. The smallest absolute Gasteiger partial charge is 0.0972 e. The highest BCUT2D eigenvalue weighted by atomic mass is 15.1. The van der Waals surface area contributed by atoms with Crippen LogP contribution in [0.3, 0.4) is 0 Å². The Morgan fingerprint density at radius 1 is 0.345 bits per heavy atom. The molecule has 0 aliphatic heterocycles. The second kappa shape index (κ2) is 13.8. The van der Waals surface area contributed by atoms with E-state index in [4.69, 9.17) is 9.97 Å². The van der Waals surface area contributed by atoms with Crippen molar-refractivity contribution >= 4 is 49.5 Å². The minimum atomic E-state index is 0.880. The lowest BCUT2D eigenvalue weighted by atomic mass is 10.0. The molecule has 0 N–H and O–H groups in total. The van der Waals surface area contributed by atoms with Crippen LogP contribution in [0.1, 0.15) is 0 Å². The molecule has 0 radical (unpaired) electrons. The largest absolute Gasteiger partial charge is 0.311 e. The zero-order valence-electron chi connectivity index (χ0n) is 29.8. The van der Waals surface area contributed by atoms with Gasteiger partial charge in [-0.3, -0.25) is 15.0 Å². The van der Waals surface area contributed by atoms with Gasteiger partial charge in [0.05, 0.1) is 16.9 Å². The first-order valence-electron chi connectivity index (χ1n) is 18.3. The minimum absolute atomic E-state index is 0.880. The summed E-state index contributed by atoms with van der Waals surface area (Å²) >= 11 is 0. The number of pyridine rings is 4. The van der Waals surface area contributed by atoms with E-state index < -0.39 is 0 Å². The number of nitrogens with zero attached hydrogens (tertiary/aromatic N) is 5. The molecule has 55 heavy (non-hydrogen) atoms. The van der Waals surface area contributed by atoms with Gasteiger partial charge in [0.1, 0.15) is 0 Å². The van der Waals surface area contributed by atoms with Gasteiger partial charge in [-0.25, -0.2) is 4.98 Å². The van der Waals surface area contributed by atoms with E-state index in [-0.39, 0.29) is 0 Å². The fraction of sp³-hybridized carbons (Fsp3) is 0. The normalized spacial score (nSPS) is 11.3. The van der Waals surface area contributed by atoms with Crippen LogP contribution in [0.4, 0.5) is 17.1 Å². The number of anilines is 3. The number of benzene rings is 6. The average Bonchev–Trinajstić information content (AvgIpc) is 3.27. The summed E-state index contributed by atoms with van der Waals surface area (Å²) in [6.07, 6.45) is 9.33. The van der Waals surface area contributed by atoms with Crippen molar-refractivity contribution in [1.29, 1.82) is 0 Å². The Morgan fingerprint density at radius 2 is 0.873 bits per heavy atom. The Labute approximate surface area is 318 Å². The molecule has 6 aromatic carbocycles. The molecule has 5 nitrogen and oxygen atoms in total. The van der Waals surface area contributed by atoms with Crippen LogP contribution >= 0.6 is 0 Å². The zero-order valence-corrected chi connectivity index (χ0v) is 29.8. The lowest BCUT2D eigenvalue weighted by molar-refractivity contribution is 1.28. The van der Waals surface area contributed by atoms with Crippen LogP contribution < -0.4 is 4.90 Å². The van der Waals surface area contributed by atoms with E-state index in [0.29, 0.717) is 0 Å². The highest BCUT2D eigenvalue weighted by molar-refractivity contribution is 5.94. The number of fused-ring (bicyclic) bond motifs is 3. The zero-order chi connectivity index (χ0) is 36.6. The predicted molar refractivity (Wildman–Crippen MR) is 227 cm³/mol. The van der Waals surface area contributed by atoms with E-state index in [9.17, 15) is 0 Å². The van der Waals surface area contributed by atoms with Crippen molar-refractivity contribution in [3.63, 3.8) is 0 Å². The van der Waals surface area contributed by atoms with Gasteiger partial charge in [-0.15, -0.1) is 0 Å².